The summed E-state index contributed by atoms with van der Waals surface area (Å²) in [6.45, 7) is 1.75. The Balaban J connectivity index is 1.44. The number of nitrogens with one attached hydrogen (secondary N) is 1. The molecular formula is C22H26N4O3. The quantitative estimate of drug-likeness (QED) is 0.615. The second-order valence-corrected chi connectivity index (χ2v) is 7.39. The SMILES string of the molecule is CN1C(=O)C[C@@H](CN=C(N)Nc2ccc3c(c2)OCCCO3)[C@@H]1c1ccccc1. The number of guanidine groups is 1. The third kappa shape index (κ3) is 4.29. The Bertz CT molecular complexity index is 900. The van der Waals surface area contributed by atoms with Crippen LogP contribution >= 0.6 is 0 Å². The molecule has 0 bridgehead atoms. The van der Waals surface area contributed by atoms with Gasteiger partial charge in [-0.1, -0.05) is 30.3 Å². The highest BCUT2D eigenvalue weighted by atomic mass is 16.5. The number of nitrogens with two attached hydrogens (primary N) is 1. The lowest BCUT2D eigenvalue weighted by Gasteiger charge is -2.24. The van der Waals surface area contributed by atoms with Crippen LogP contribution < -0.4 is 20.5 Å². The lowest BCUT2D eigenvalue weighted by atomic mass is 9.94. The molecular weight excluding hydrogens is 368 g/mol. The van der Waals surface area contributed by atoms with Crippen molar-refractivity contribution >= 4 is 17.6 Å². The van der Waals surface area contributed by atoms with E-state index in [1.54, 1.807) is 0 Å². The van der Waals surface area contributed by atoms with E-state index >= 15 is 0 Å². The summed E-state index contributed by atoms with van der Waals surface area (Å²) in [6.07, 6.45) is 1.33. The maximum atomic E-state index is 12.3. The van der Waals surface area contributed by atoms with Crippen LogP contribution in [0.4, 0.5) is 5.69 Å². The summed E-state index contributed by atoms with van der Waals surface area (Å²) in [4.78, 5) is 18.6. The number of aliphatic imine (C=N–C) groups is 1. The molecule has 2 aliphatic rings. The molecule has 0 aromatic heterocycles. The summed E-state index contributed by atoms with van der Waals surface area (Å²) in [6, 6.07) is 15.7. The molecule has 0 saturated carbocycles. The van der Waals surface area contributed by atoms with Gasteiger partial charge in [-0.3, -0.25) is 9.79 Å². The Labute approximate surface area is 170 Å². The van der Waals surface area contributed by atoms with Crippen LogP contribution in [0.2, 0.25) is 0 Å². The molecule has 7 nitrogen and oxygen atoms in total. The van der Waals surface area contributed by atoms with Crippen LogP contribution in [-0.2, 0) is 4.79 Å². The van der Waals surface area contributed by atoms with Gasteiger partial charge >= 0.3 is 0 Å². The number of ether oxygens (including phenoxy) is 2. The number of nitrogens with zero attached hydrogens (tertiary/aromatic N) is 2. The van der Waals surface area contributed by atoms with Crippen LogP contribution in [0.5, 0.6) is 11.5 Å². The van der Waals surface area contributed by atoms with E-state index in [4.69, 9.17) is 15.2 Å². The highest BCUT2D eigenvalue weighted by molar-refractivity contribution is 5.92. The lowest BCUT2D eigenvalue weighted by Crippen LogP contribution is -2.27. The van der Waals surface area contributed by atoms with E-state index in [1.165, 1.54) is 0 Å². The van der Waals surface area contributed by atoms with Crippen molar-refractivity contribution in [1.82, 2.24) is 4.90 Å². The van der Waals surface area contributed by atoms with Gasteiger partial charge in [0, 0.05) is 44.1 Å². The first-order valence-electron chi connectivity index (χ1n) is 9.89. The average Bonchev–Trinajstić information content (AvgIpc) is 2.88. The van der Waals surface area contributed by atoms with Crippen molar-refractivity contribution in [2.24, 2.45) is 16.6 Å². The van der Waals surface area contributed by atoms with E-state index < -0.39 is 0 Å². The van der Waals surface area contributed by atoms with E-state index in [0.29, 0.717) is 37.9 Å². The van der Waals surface area contributed by atoms with E-state index in [2.05, 4.69) is 22.4 Å². The standard InChI is InChI=1S/C22H26N4O3/c1-26-20(27)12-16(21(26)15-6-3-2-4-7-15)14-24-22(23)25-17-8-9-18-19(13-17)29-11-5-10-28-18/h2-4,6-9,13,16,21H,5,10-12,14H2,1H3,(H3,23,24,25)/t16-,21-/m0/s1. The van der Waals surface area contributed by atoms with Gasteiger partial charge in [0.2, 0.25) is 5.91 Å². The topological polar surface area (TPSA) is 89.2 Å². The lowest BCUT2D eigenvalue weighted by molar-refractivity contribution is -0.127. The zero-order valence-electron chi connectivity index (χ0n) is 16.5. The first-order chi connectivity index (χ1) is 14.1. The Hall–Kier alpha value is -3.22. The Morgan fingerprint density at radius 2 is 1.93 bits per heavy atom. The fourth-order valence-corrected chi connectivity index (χ4v) is 3.91. The molecule has 2 aliphatic heterocycles. The van der Waals surface area contributed by atoms with Crippen molar-refractivity contribution in [1.29, 1.82) is 0 Å². The minimum Gasteiger partial charge on any atom is -0.490 e. The molecule has 29 heavy (non-hydrogen) atoms. The number of hydrogen-bond acceptors (Lipinski definition) is 4. The molecule has 2 heterocycles. The number of carbonyl (C=O) groups excluding carboxylic acids is 1. The molecule has 2 aromatic carbocycles. The third-order valence-corrected chi connectivity index (χ3v) is 5.35. The number of carbonyl (C=O) groups is 1. The van der Waals surface area contributed by atoms with E-state index in [1.807, 2.05) is 48.3 Å². The number of likely N-dealkylation sites (tertiary alicyclic amines) is 1. The zero-order valence-corrected chi connectivity index (χ0v) is 16.5. The van der Waals surface area contributed by atoms with E-state index in [-0.39, 0.29) is 17.9 Å². The predicted molar refractivity (Wildman–Crippen MR) is 112 cm³/mol. The maximum Gasteiger partial charge on any atom is 0.223 e. The van der Waals surface area contributed by atoms with E-state index in [0.717, 1.165) is 23.4 Å². The minimum absolute atomic E-state index is 0.0123. The van der Waals surface area contributed by atoms with E-state index in [9.17, 15) is 4.79 Å². The summed E-state index contributed by atoms with van der Waals surface area (Å²) >= 11 is 0. The first kappa shape index (κ1) is 19.1. The second kappa shape index (κ2) is 8.43. The van der Waals surface area contributed by atoms with Crippen LogP contribution in [0.15, 0.2) is 53.5 Å². The molecule has 7 heteroatoms. The monoisotopic (exact) mass is 394 g/mol. The normalized spacial score (nSPS) is 21.8. The predicted octanol–water partition coefficient (Wildman–Crippen LogP) is 2.79. The Kier molecular flexibility index (Phi) is 5.55. The minimum atomic E-state index is 0.0123. The number of fused-ring (bicyclic) bond motifs is 1. The van der Waals surface area contributed by atoms with Crippen molar-refractivity contribution in [3.05, 3.63) is 54.1 Å². The van der Waals surface area contributed by atoms with Gasteiger partial charge in [-0.25, -0.2) is 0 Å². The largest absolute Gasteiger partial charge is 0.490 e. The Morgan fingerprint density at radius 1 is 1.17 bits per heavy atom. The highest BCUT2D eigenvalue weighted by Gasteiger charge is 2.38. The molecule has 2 atom stereocenters. The number of amides is 1. The van der Waals surface area contributed by atoms with Gasteiger partial charge in [-0.15, -0.1) is 0 Å². The molecule has 0 unspecified atom stereocenters. The first-order valence-corrected chi connectivity index (χ1v) is 9.89. The van der Waals surface area contributed by atoms with Crippen LogP contribution in [-0.4, -0.2) is 43.6 Å². The maximum absolute atomic E-state index is 12.3. The van der Waals surface area contributed by atoms with Gasteiger partial charge in [0.25, 0.3) is 0 Å². The molecule has 1 saturated heterocycles. The zero-order chi connectivity index (χ0) is 20.2. The summed E-state index contributed by atoms with van der Waals surface area (Å²) in [5.74, 6) is 1.97. The second-order valence-electron chi connectivity index (χ2n) is 7.39. The van der Waals surface area contributed by atoms with Crippen molar-refractivity contribution in [2.45, 2.75) is 18.9 Å². The summed E-state index contributed by atoms with van der Waals surface area (Å²) in [7, 11) is 1.85. The van der Waals surface area contributed by atoms with Crippen LogP contribution in [0, 0.1) is 5.92 Å². The molecule has 4 rings (SSSR count). The number of benzene rings is 2. The molecule has 3 N–H and O–H groups in total. The molecule has 2 aromatic rings. The van der Waals surface area contributed by atoms with Gasteiger partial charge in [-0.05, 0) is 17.7 Å². The fraction of sp³-hybridized carbons (Fsp3) is 0.364. The van der Waals surface area contributed by atoms with Crippen LogP contribution in [0.1, 0.15) is 24.4 Å². The Morgan fingerprint density at radius 3 is 2.72 bits per heavy atom. The molecule has 0 spiro atoms. The van der Waals surface area contributed by atoms with Gasteiger partial charge in [0.05, 0.1) is 19.3 Å². The summed E-state index contributed by atoms with van der Waals surface area (Å²) in [5.41, 5.74) is 8.02. The fourth-order valence-electron chi connectivity index (χ4n) is 3.91. The summed E-state index contributed by atoms with van der Waals surface area (Å²) < 4.78 is 11.4. The van der Waals surface area contributed by atoms with Crippen molar-refractivity contribution in [3.8, 4) is 11.5 Å². The van der Waals surface area contributed by atoms with Crippen LogP contribution in [0.25, 0.3) is 0 Å². The number of hydrogen-bond donors (Lipinski definition) is 2. The van der Waals surface area contributed by atoms with Gasteiger partial charge in [0.1, 0.15) is 0 Å². The van der Waals surface area contributed by atoms with Crippen molar-refractivity contribution in [2.75, 3.05) is 32.1 Å². The van der Waals surface area contributed by atoms with Gasteiger partial charge in [0.15, 0.2) is 17.5 Å². The molecule has 1 fully saturated rings. The number of anilines is 1. The highest BCUT2D eigenvalue weighted by Crippen LogP contribution is 2.37. The smallest absolute Gasteiger partial charge is 0.223 e. The average molecular weight is 394 g/mol. The third-order valence-electron chi connectivity index (χ3n) is 5.35. The molecule has 0 aliphatic carbocycles. The van der Waals surface area contributed by atoms with Gasteiger partial charge < -0.3 is 25.4 Å². The van der Waals surface area contributed by atoms with Gasteiger partial charge in [-0.2, -0.15) is 0 Å². The van der Waals surface area contributed by atoms with Crippen molar-refractivity contribution < 1.29 is 14.3 Å². The molecule has 152 valence electrons. The summed E-state index contributed by atoms with van der Waals surface area (Å²) in [5, 5.41) is 3.11. The molecule has 1 amide bonds. The van der Waals surface area contributed by atoms with Crippen molar-refractivity contribution in [3.63, 3.8) is 0 Å². The van der Waals surface area contributed by atoms with Crippen LogP contribution in [0.3, 0.4) is 0 Å². The molecule has 0 radical (unpaired) electrons. The number of rotatable bonds is 4.